The zero-order chi connectivity index (χ0) is 14.8. The normalized spacial score (nSPS) is 12.3. The van der Waals surface area contributed by atoms with Crippen LogP contribution in [0.25, 0.3) is 0 Å². The summed E-state index contributed by atoms with van der Waals surface area (Å²) in [6, 6.07) is 8.71. The third-order valence-corrected chi connectivity index (χ3v) is 3.72. The van der Waals surface area contributed by atoms with Crippen LogP contribution in [0, 0.1) is 5.82 Å². The van der Waals surface area contributed by atoms with Crippen molar-refractivity contribution in [2.45, 2.75) is 6.61 Å². The minimum Gasteiger partial charge on any atom is -0.457 e. The number of fused-ring (bicyclic) bond motifs is 1. The number of ether oxygens (including phenoxy) is 3. The molecule has 2 aromatic carbocycles. The van der Waals surface area contributed by atoms with Gasteiger partial charge in [-0.05, 0) is 36.4 Å². The van der Waals surface area contributed by atoms with Crippen molar-refractivity contribution in [3.8, 4) is 11.5 Å². The van der Waals surface area contributed by atoms with Gasteiger partial charge in [0.05, 0.1) is 5.56 Å². The first-order chi connectivity index (χ1) is 10.1. The largest absolute Gasteiger partial charge is 0.457 e. The van der Waals surface area contributed by atoms with Crippen LogP contribution in [0.1, 0.15) is 15.9 Å². The highest BCUT2D eigenvalue weighted by Gasteiger charge is 2.17. The van der Waals surface area contributed by atoms with E-state index in [0.717, 1.165) is 10.0 Å². The van der Waals surface area contributed by atoms with Gasteiger partial charge in [-0.25, -0.2) is 9.18 Å². The Morgan fingerprint density at radius 2 is 1.86 bits per heavy atom. The fourth-order valence-corrected chi connectivity index (χ4v) is 2.32. The van der Waals surface area contributed by atoms with Gasteiger partial charge in [-0.1, -0.05) is 15.9 Å². The van der Waals surface area contributed by atoms with Gasteiger partial charge in [0.2, 0.25) is 6.79 Å². The Morgan fingerprint density at radius 3 is 2.57 bits per heavy atom. The van der Waals surface area contributed by atoms with E-state index in [1.165, 1.54) is 24.3 Å². The summed E-state index contributed by atoms with van der Waals surface area (Å²) >= 11 is 3.39. The quantitative estimate of drug-likeness (QED) is 0.790. The predicted octanol–water partition coefficient (Wildman–Crippen LogP) is 3.67. The molecule has 4 nitrogen and oxygen atoms in total. The van der Waals surface area contributed by atoms with Gasteiger partial charge in [0, 0.05) is 10.0 Å². The van der Waals surface area contributed by atoms with E-state index < -0.39 is 11.8 Å². The average Bonchev–Trinajstić information content (AvgIpc) is 2.92. The van der Waals surface area contributed by atoms with Crippen molar-refractivity contribution in [2.24, 2.45) is 0 Å². The Hall–Kier alpha value is -2.08. The third kappa shape index (κ3) is 3.00. The van der Waals surface area contributed by atoms with E-state index in [-0.39, 0.29) is 13.4 Å². The Morgan fingerprint density at radius 1 is 1.19 bits per heavy atom. The van der Waals surface area contributed by atoms with Gasteiger partial charge in [-0.3, -0.25) is 0 Å². The van der Waals surface area contributed by atoms with Gasteiger partial charge < -0.3 is 14.2 Å². The minimum atomic E-state index is -0.514. The molecule has 0 spiro atoms. The molecule has 0 atom stereocenters. The van der Waals surface area contributed by atoms with Crippen molar-refractivity contribution < 1.29 is 23.4 Å². The Bertz CT molecular complexity index is 685. The maximum atomic E-state index is 12.8. The number of carbonyl (C=O) groups is 1. The monoisotopic (exact) mass is 352 g/mol. The lowest BCUT2D eigenvalue weighted by Gasteiger charge is -2.08. The second kappa shape index (κ2) is 5.73. The topological polar surface area (TPSA) is 44.8 Å². The second-order valence-electron chi connectivity index (χ2n) is 4.38. The summed E-state index contributed by atoms with van der Waals surface area (Å²) in [7, 11) is 0. The fourth-order valence-electron chi connectivity index (χ4n) is 1.88. The van der Waals surface area contributed by atoms with Gasteiger partial charge in [-0.2, -0.15) is 0 Å². The zero-order valence-electron chi connectivity index (χ0n) is 10.8. The van der Waals surface area contributed by atoms with Crippen LogP contribution in [-0.2, 0) is 11.3 Å². The summed E-state index contributed by atoms with van der Waals surface area (Å²) in [5.41, 5.74) is 1.06. The molecule has 0 amide bonds. The van der Waals surface area contributed by atoms with E-state index in [1.54, 1.807) is 12.1 Å². The van der Waals surface area contributed by atoms with E-state index in [0.29, 0.717) is 17.1 Å². The third-order valence-electron chi connectivity index (χ3n) is 2.98. The molecular formula is C15H10BrFO4. The van der Waals surface area contributed by atoms with Crippen molar-refractivity contribution in [3.05, 3.63) is 57.8 Å². The van der Waals surface area contributed by atoms with Gasteiger partial charge in [0.15, 0.2) is 11.5 Å². The number of hydrogen-bond acceptors (Lipinski definition) is 4. The van der Waals surface area contributed by atoms with Crippen molar-refractivity contribution in [1.29, 1.82) is 0 Å². The first kappa shape index (κ1) is 13.9. The highest BCUT2D eigenvalue weighted by atomic mass is 79.9. The van der Waals surface area contributed by atoms with E-state index in [2.05, 4.69) is 15.9 Å². The van der Waals surface area contributed by atoms with Crippen LogP contribution in [0.3, 0.4) is 0 Å². The molecule has 0 unspecified atom stereocenters. The molecular weight excluding hydrogens is 343 g/mol. The maximum Gasteiger partial charge on any atom is 0.338 e. The molecule has 0 saturated heterocycles. The number of esters is 1. The van der Waals surface area contributed by atoms with Crippen molar-refractivity contribution in [1.82, 2.24) is 0 Å². The second-order valence-corrected chi connectivity index (χ2v) is 5.23. The smallest absolute Gasteiger partial charge is 0.338 e. The van der Waals surface area contributed by atoms with Crippen LogP contribution in [0.5, 0.6) is 11.5 Å². The van der Waals surface area contributed by atoms with Crippen LogP contribution >= 0.6 is 15.9 Å². The van der Waals surface area contributed by atoms with Gasteiger partial charge in [0.1, 0.15) is 12.4 Å². The summed E-state index contributed by atoms with van der Waals surface area (Å²) < 4.78 is 29.3. The molecule has 0 saturated carbocycles. The molecule has 0 N–H and O–H groups in total. The first-order valence-corrected chi connectivity index (χ1v) is 6.93. The molecule has 6 heteroatoms. The molecule has 0 radical (unpaired) electrons. The fraction of sp³-hybridized carbons (Fsp3) is 0.133. The summed E-state index contributed by atoms with van der Waals surface area (Å²) in [6.45, 7) is 0.258. The molecule has 0 fully saturated rings. The summed E-state index contributed by atoms with van der Waals surface area (Å²) in [5, 5.41) is 0. The van der Waals surface area contributed by atoms with E-state index in [4.69, 9.17) is 14.2 Å². The molecule has 1 aliphatic rings. The van der Waals surface area contributed by atoms with Gasteiger partial charge in [-0.15, -0.1) is 0 Å². The molecule has 21 heavy (non-hydrogen) atoms. The predicted molar refractivity (Wildman–Crippen MR) is 75.8 cm³/mol. The minimum absolute atomic E-state index is 0.0768. The van der Waals surface area contributed by atoms with Gasteiger partial charge in [0.25, 0.3) is 0 Å². The lowest BCUT2D eigenvalue weighted by atomic mass is 10.2. The Balaban J connectivity index is 1.70. The molecule has 0 bridgehead atoms. The molecule has 1 aliphatic heterocycles. The molecule has 0 aromatic heterocycles. The summed E-state index contributed by atoms with van der Waals surface area (Å²) in [5.74, 6) is 0.353. The zero-order valence-corrected chi connectivity index (χ0v) is 12.4. The van der Waals surface area contributed by atoms with Crippen LogP contribution in [0.2, 0.25) is 0 Å². The Labute approximate surface area is 128 Å². The SMILES string of the molecule is O=C(OCc1cc2c(cc1Br)OCO2)c1ccc(F)cc1. The maximum absolute atomic E-state index is 12.8. The lowest BCUT2D eigenvalue weighted by Crippen LogP contribution is -2.05. The van der Waals surface area contributed by atoms with Gasteiger partial charge >= 0.3 is 5.97 Å². The van der Waals surface area contributed by atoms with Crippen LogP contribution in [0.4, 0.5) is 4.39 Å². The van der Waals surface area contributed by atoms with Crippen LogP contribution < -0.4 is 9.47 Å². The highest BCUT2D eigenvalue weighted by Crippen LogP contribution is 2.37. The summed E-state index contributed by atoms with van der Waals surface area (Å²) in [4.78, 5) is 11.9. The number of halogens is 2. The lowest BCUT2D eigenvalue weighted by molar-refractivity contribution is 0.0471. The van der Waals surface area contributed by atoms with Crippen molar-refractivity contribution in [2.75, 3.05) is 6.79 Å². The van der Waals surface area contributed by atoms with E-state index in [9.17, 15) is 9.18 Å². The van der Waals surface area contributed by atoms with Crippen LogP contribution in [0.15, 0.2) is 40.9 Å². The van der Waals surface area contributed by atoms with Crippen molar-refractivity contribution >= 4 is 21.9 Å². The molecule has 3 rings (SSSR count). The highest BCUT2D eigenvalue weighted by molar-refractivity contribution is 9.10. The standard InChI is InChI=1S/C15H10BrFO4/c16-12-6-14-13(20-8-21-14)5-10(12)7-19-15(18)9-1-3-11(17)4-2-9/h1-6H,7-8H2. The number of hydrogen-bond donors (Lipinski definition) is 0. The van der Waals surface area contributed by atoms with Crippen molar-refractivity contribution in [3.63, 3.8) is 0 Å². The summed E-state index contributed by atoms with van der Waals surface area (Å²) in [6.07, 6.45) is 0. The average molecular weight is 353 g/mol. The Kier molecular flexibility index (Phi) is 3.79. The molecule has 0 aliphatic carbocycles. The number of rotatable bonds is 3. The van der Waals surface area contributed by atoms with E-state index in [1.807, 2.05) is 0 Å². The molecule has 2 aromatic rings. The molecule has 108 valence electrons. The molecule has 1 heterocycles. The first-order valence-electron chi connectivity index (χ1n) is 6.14. The van der Waals surface area contributed by atoms with Crippen LogP contribution in [-0.4, -0.2) is 12.8 Å². The van der Waals surface area contributed by atoms with E-state index >= 15 is 0 Å². The number of carbonyl (C=O) groups excluding carboxylic acids is 1. The number of benzene rings is 2.